The van der Waals surface area contributed by atoms with E-state index < -0.39 is 11.2 Å². The van der Waals surface area contributed by atoms with Crippen LogP contribution in [0.3, 0.4) is 0 Å². The van der Waals surface area contributed by atoms with Crippen molar-refractivity contribution in [1.29, 1.82) is 0 Å². The fourth-order valence-electron chi connectivity index (χ4n) is 3.35. The molecule has 0 saturated carbocycles. The molecule has 0 bridgehead atoms. The molecule has 0 spiro atoms. The van der Waals surface area contributed by atoms with Gasteiger partial charge in [-0.05, 0) is 59.7 Å². The Bertz CT molecular complexity index is 897. The first-order chi connectivity index (χ1) is 13.4. The highest BCUT2D eigenvalue weighted by atomic mass is 16.6. The summed E-state index contributed by atoms with van der Waals surface area (Å²) in [6.07, 6.45) is 1.09. The third kappa shape index (κ3) is 5.02. The molecule has 1 aliphatic rings. The molecule has 1 fully saturated rings. The van der Waals surface area contributed by atoms with Crippen molar-refractivity contribution in [3.8, 4) is 0 Å². The maximum Gasteiger partial charge on any atom is 0.418 e. The van der Waals surface area contributed by atoms with Crippen LogP contribution in [0.5, 0.6) is 0 Å². The Morgan fingerprint density at radius 2 is 1.41 bits per heavy atom. The number of aromatic nitrogens is 1. The zero-order valence-corrected chi connectivity index (χ0v) is 18.2. The summed E-state index contributed by atoms with van der Waals surface area (Å²) in [4.78, 5) is 28.8. The smallest absolute Gasteiger partial charge is 0.418 e. The number of nitrogens with zero attached hydrogens (tertiary/aromatic N) is 3. The summed E-state index contributed by atoms with van der Waals surface area (Å²) in [5.41, 5.74) is 0.813. The number of rotatable bonds is 1. The van der Waals surface area contributed by atoms with Crippen LogP contribution in [-0.2, 0) is 9.47 Å². The first-order valence-electron chi connectivity index (χ1n) is 10.0. The van der Waals surface area contributed by atoms with E-state index in [0.29, 0.717) is 26.2 Å². The fourth-order valence-corrected chi connectivity index (χ4v) is 3.35. The van der Waals surface area contributed by atoms with E-state index in [9.17, 15) is 9.59 Å². The largest absolute Gasteiger partial charge is 0.444 e. The second kappa shape index (κ2) is 7.61. The van der Waals surface area contributed by atoms with Crippen molar-refractivity contribution in [2.75, 3.05) is 31.1 Å². The van der Waals surface area contributed by atoms with Gasteiger partial charge in [-0.1, -0.05) is 6.07 Å². The van der Waals surface area contributed by atoms with Gasteiger partial charge in [-0.25, -0.2) is 9.59 Å². The van der Waals surface area contributed by atoms with Gasteiger partial charge in [0.1, 0.15) is 11.2 Å². The number of carbonyl (C=O) groups is 2. The van der Waals surface area contributed by atoms with Crippen molar-refractivity contribution in [3.63, 3.8) is 0 Å². The molecular weight excluding hydrogens is 370 g/mol. The zero-order valence-electron chi connectivity index (χ0n) is 18.2. The molecule has 29 heavy (non-hydrogen) atoms. The lowest BCUT2D eigenvalue weighted by molar-refractivity contribution is 0.0240. The molecule has 0 unspecified atom stereocenters. The molecule has 0 radical (unpaired) electrons. The summed E-state index contributed by atoms with van der Waals surface area (Å²) in [6, 6.07) is 7.85. The van der Waals surface area contributed by atoms with E-state index in [1.54, 1.807) is 15.7 Å². The number of anilines is 1. The molecule has 0 atom stereocenters. The molecule has 7 nitrogen and oxygen atoms in total. The molecule has 1 amide bonds. The molecule has 158 valence electrons. The van der Waals surface area contributed by atoms with E-state index in [2.05, 4.69) is 4.90 Å². The molecule has 2 aromatic rings. The molecule has 2 heterocycles. The van der Waals surface area contributed by atoms with Gasteiger partial charge < -0.3 is 19.3 Å². The second-order valence-electron chi connectivity index (χ2n) is 9.33. The molecule has 3 rings (SSSR count). The van der Waals surface area contributed by atoms with E-state index in [4.69, 9.17) is 9.47 Å². The topological polar surface area (TPSA) is 64.0 Å². The summed E-state index contributed by atoms with van der Waals surface area (Å²) in [6.45, 7) is 13.8. The average molecular weight is 402 g/mol. The van der Waals surface area contributed by atoms with Crippen LogP contribution in [0.4, 0.5) is 15.3 Å². The van der Waals surface area contributed by atoms with Crippen LogP contribution in [-0.4, -0.2) is 59.0 Å². The predicted molar refractivity (Wildman–Crippen MR) is 114 cm³/mol. The summed E-state index contributed by atoms with van der Waals surface area (Å²) >= 11 is 0. The van der Waals surface area contributed by atoms with Crippen molar-refractivity contribution < 1.29 is 19.1 Å². The van der Waals surface area contributed by atoms with Crippen molar-refractivity contribution in [2.45, 2.75) is 52.7 Å². The van der Waals surface area contributed by atoms with Crippen LogP contribution in [0.2, 0.25) is 0 Å². The minimum Gasteiger partial charge on any atom is -0.444 e. The Kier molecular flexibility index (Phi) is 5.52. The van der Waals surface area contributed by atoms with Crippen molar-refractivity contribution >= 4 is 28.8 Å². The number of amides is 1. The molecular formula is C22H31N3O4. The molecule has 1 aliphatic heterocycles. The van der Waals surface area contributed by atoms with E-state index >= 15 is 0 Å². The van der Waals surface area contributed by atoms with Gasteiger partial charge in [-0.15, -0.1) is 0 Å². The Balaban J connectivity index is 1.75. The van der Waals surface area contributed by atoms with E-state index in [1.165, 1.54) is 0 Å². The lowest BCUT2D eigenvalue weighted by atomic mass is 10.1. The van der Waals surface area contributed by atoms with Gasteiger partial charge in [0.25, 0.3) is 0 Å². The lowest BCUT2D eigenvalue weighted by Crippen LogP contribution is -2.50. The van der Waals surface area contributed by atoms with E-state index in [1.807, 2.05) is 65.8 Å². The summed E-state index contributed by atoms with van der Waals surface area (Å²) in [5.74, 6) is 0. The lowest BCUT2D eigenvalue weighted by Gasteiger charge is -2.37. The fraction of sp³-hybridized carbons (Fsp3) is 0.545. The van der Waals surface area contributed by atoms with E-state index in [0.717, 1.165) is 16.6 Å². The first kappa shape index (κ1) is 21.0. The minimum atomic E-state index is -0.552. The zero-order chi connectivity index (χ0) is 21.4. The predicted octanol–water partition coefficient (Wildman–Crippen LogP) is 4.48. The van der Waals surface area contributed by atoms with Gasteiger partial charge in [0.15, 0.2) is 0 Å². The summed E-state index contributed by atoms with van der Waals surface area (Å²) < 4.78 is 12.5. The van der Waals surface area contributed by atoms with Crippen LogP contribution >= 0.6 is 0 Å². The van der Waals surface area contributed by atoms with Gasteiger partial charge >= 0.3 is 12.2 Å². The minimum absolute atomic E-state index is 0.272. The summed E-state index contributed by atoms with van der Waals surface area (Å²) in [7, 11) is 0. The van der Waals surface area contributed by atoms with Crippen molar-refractivity contribution in [2.24, 2.45) is 0 Å². The maximum absolute atomic E-state index is 12.5. The standard InChI is InChI=1S/C22H31N3O4/c1-21(2,3)28-19(26)24-14-12-23(13-15-24)17-8-7-9-18-16(17)10-11-25(18)20(27)29-22(4,5)6/h7-11H,12-15H2,1-6H3. The monoisotopic (exact) mass is 401 g/mol. The van der Waals surface area contributed by atoms with Crippen LogP contribution in [0, 0.1) is 0 Å². The highest BCUT2D eigenvalue weighted by Crippen LogP contribution is 2.29. The Labute approximate surface area is 172 Å². The quantitative estimate of drug-likeness (QED) is 0.705. The normalized spacial score (nSPS) is 15.5. The van der Waals surface area contributed by atoms with Crippen molar-refractivity contribution in [1.82, 2.24) is 9.47 Å². The molecule has 1 aromatic carbocycles. The molecule has 1 aromatic heterocycles. The number of ether oxygens (including phenoxy) is 2. The number of benzene rings is 1. The number of hydrogen-bond donors (Lipinski definition) is 0. The SMILES string of the molecule is CC(C)(C)OC(=O)N1CCN(c2cccc3c2ccn3C(=O)OC(C)(C)C)CC1. The average Bonchev–Trinajstić information content (AvgIpc) is 3.03. The molecule has 1 saturated heterocycles. The van der Waals surface area contributed by atoms with Gasteiger partial charge in [0.2, 0.25) is 0 Å². The summed E-state index contributed by atoms with van der Waals surface area (Å²) in [5, 5.41) is 0.990. The van der Waals surface area contributed by atoms with Crippen LogP contribution in [0.15, 0.2) is 30.5 Å². The maximum atomic E-state index is 12.5. The number of hydrogen-bond acceptors (Lipinski definition) is 5. The van der Waals surface area contributed by atoms with Gasteiger partial charge in [-0.2, -0.15) is 0 Å². The van der Waals surface area contributed by atoms with Crippen LogP contribution < -0.4 is 4.90 Å². The number of carbonyl (C=O) groups excluding carboxylic acids is 2. The van der Waals surface area contributed by atoms with Gasteiger partial charge in [-0.3, -0.25) is 4.57 Å². The Morgan fingerprint density at radius 1 is 0.828 bits per heavy atom. The van der Waals surface area contributed by atoms with Crippen LogP contribution in [0.25, 0.3) is 10.9 Å². The first-order valence-corrected chi connectivity index (χ1v) is 10.0. The van der Waals surface area contributed by atoms with Gasteiger partial charge in [0, 0.05) is 43.4 Å². The Morgan fingerprint density at radius 3 is 2.00 bits per heavy atom. The number of fused-ring (bicyclic) bond motifs is 1. The Hall–Kier alpha value is -2.70. The molecule has 0 aliphatic carbocycles. The molecule has 7 heteroatoms. The van der Waals surface area contributed by atoms with Crippen molar-refractivity contribution in [3.05, 3.63) is 30.5 Å². The third-order valence-corrected chi connectivity index (χ3v) is 4.57. The van der Waals surface area contributed by atoms with Crippen LogP contribution in [0.1, 0.15) is 41.5 Å². The second-order valence-corrected chi connectivity index (χ2v) is 9.33. The third-order valence-electron chi connectivity index (χ3n) is 4.57. The highest BCUT2D eigenvalue weighted by Gasteiger charge is 2.27. The highest BCUT2D eigenvalue weighted by molar-refractivity contribution is 5.97. The van der Waals surface area contributed by atoms with E-state index in [-0.39, 0.29) is 12.2 Å². The molecule has 0 N–H and O–H groups in total. The number of piperazine rings is 1. The van der Waals surface area contributed by atoms with Gasteiger partial charge in [0.05, 0.1) is 5.52 Å².